The van der Waals surface area contributed by atoms with Gasteiger partial charge in [0.15, 0.2) is 11.5 Å². The monoisotopic (exact) mass is 506 g/mol. The van der Waals surface area contributed by atoms with Crippen LogP contribution in [0.25, 0.3) is 0 Å². The number of carbonyl (C=O) groups excluding carboxylic acids is 2. The maximum Gasteiger partial charge on any atom is 0.247 e. The molecule has 3 aliphatic rings. The minimum absolute atomic E-state index is 0.0419. The third-order valence-corrected chi connectivity index (χ3v) is 6.95. The van der Waals surface area contributed by atoms with Gasteiger partial charge >= 0.3 is 0 Å². The third-order valence-electron chi connectivity index (χ3n) is 6.95. The first-order valence-corrected chi connectivity index (χ1v) is 12.1. The summed E-state index contributed by atoms with van der Waals surface area (Å²) in [6, 6.07) is 2.51. The molecule has 0 radical (unpaired) electrons. The number of aliphatic hydroxyl groups is 3. The number of nitrogens with zero attached hydrogens (tertiary/aromatic N) is 1. The zero-order valence-electron chi connectivity index (χ0n) is 20.5. The Bertz CT molecular complexity index is 992. The van der Waals surface area contributed by atoms with E-state index in [4.69, 9.17) is 18.9 Å². The number of amides is 2. The van der Waals surface area contributed by atoms with Crippen molar-refractivity contribution in [3.63, 3.8) is 0 Å². The van der Waals surface area contributed by atoms with E-state index < -0.39 is 30.1 Å². The summed E-state index contributed by atoms with van der Waals surface area (Å²) in [7, 11) is 3.00. The van der Waals surface area contributed by atoms with Crippen LogP contribution in [0.2, 0.25) is 0 Å². The molecule has 5 atom stereocenters. The summed E-state index contributed by atoms with van der Waals surface area (Å²) in [5.74, 6) is -0.886. The van der Waals surface area contributed by atoms with Crippen molar-refractivity contribution in [3.8, 4) is 11.5 Å². The number of methoxy groups -OCH3 is 2. The molecular weight excluding hydrogens is 472 g/mol. The molecule has 1 fully saturated rings. The van der Waals surface area contributed by atoms with Crippen LogP contribution in [-0.4, -0.2) is 104 Å². The van der Waals surface area contributed by atoms with Crippen LogP contribution < -0.4 is 14.8 Å². The standard InChI is InChI=1S/C25H34N2O9/c1-33-8-5-27(25(32)15-3-7-35-13-15)18-11-17(24(31)26-4-6-28)20-16-9-14(12-29)10-19(34-2)22(16)36-23(20)21(18)30/h9-11,15,18,20-21,23,28-30H,3-8,12-13H2,1-2H3,(H,26,31). The van der Waals surface area contributed by atoms with E-state index in [2.05, 4.69) is 5.32 Å². The first-order valence-electron chi connectivity index (χ1n) is 12.1. The summed E-state index contributed by atoms with van der Waals surface area (Å²) in [6.07, 6.45) is 0.138. The van der Waals surface area contributed by atoms with Crippen molar-refractivity contribution in [2.45, 2.75) is 37.2 Å². The number of benzene rings is 1. The smallest absolute Gasteiger partial charge is 0.247 e. The number of nitrogens with one attached hydrogen (secondary N) is 1. The molecule has 0 saturated carbocycles. The average molecular weight is 507 g/mol. The second-order valence-corrected chi connectivity index (χ2v) is 9.10. The van der Waals surface area contributed by atoms with E-state index in [0.717, 1.165) is 0 Å². The lowest BCUT2D eigenvalue weighted by molar-refractivity contribution is -0.142. The first kappa shape index (κ1) is 26.4. The van der Waals surface area contributed by atoms with Crippen molar-refractivity contribution in [1.29, 1.82) is 0 Å². The molecule has 4 N–H and O–H groups in total. The van der Waals surface area contributed by atoms with Gasteiger partial charge in [-0.3, -0.25) is 9.59 Å². The van der Waals surface area contributed by atoms with E-state index in [-0.39, 0.29) is 44.7 Å². The zero-order chi connectivity index (χ0) is 25.8. The maximum absolute atomic E-state index is 13.5. The van der Waals surface area contributed by atoms with Gasteiger partial charge < -0.3 is 44.5 Å². The molecular formula is C25H34N2O9. The minimum atomic E-state index is -1.16. The Kier molecular flexibility index (Phi) is 8.47. The molecule has 2 heterocycles. The number of hydrogen-bond acceptors (Lipinski definition) is 9. The molecule has 1 aromatic carbocycles. The summed E-state index contributed by atoms with van der Waals surface area (Å²) in [4.78, 5) is 28.3. The van der Waals surface area contributed by atoms with Crippen molar-refractivity contribution in [3.05, 3.63) is 34.9 Å². The Balaban J connectivity index is 1.78. The molecule has 1 saturated heterocycles. The molecule has 4 rings (SSSR count). The van der Waals surface area contributed by atoms with Crippen LogP contribution in [0.4, 0.5) is 0 Å². The highest BCUT2D eigenvalue weighted by Gasteiger charge is 2.51. The van der Waals surface area contributed by atoms with Gasteiger partial charge in [-0.2, -0.15) is 0 Å². The maximum atomic E-state index is 13.5. The second-order valence-electron chi connectivity index (χ2n) is 9.10. The van der Waals surface area contributed by atoms with E-state index in [1.807, 2.05) is 0 Å². The van der Waals surface area contributed by atoms with E-state index >= 15 is 0 Å². The van der Waals surface area contributed by atoms with Crippen molar-refractivity contribution in [2.75, 3.05) is 53.7 Å². The van der Waals surface area contributed by atoms with Gasteiger partial charge in [0, 0.05) is 37.9 Å². The quantitative estimate of drug-likeness (QED) is 0.324. The first-order chi connectivity index (χ1) is 17.4. The van der Waals surface area contributed by atoms with Gasteiger partial charge in [-0.1, -0.05) is 0 Å². The van der Waals surface area contributed by atoms with Crippen molar-refractivity contribution < 1.29 is 43.9 Å². The predicted molar refractivity (Wildman–Crippen MR) is 127 cm³/mol. The van der Waals surface area contributed by atoms with Gasteiger partial charge in [-0.15, -0.1) is 0 Å². The number of fused-ring (bicyclic) bond motifs is 3. The summed E-state index contributed by atoms with van der Waals surface area (Å²) < 4.78 is 22.3. The van der Waals surface area contributed by atoms with E-state index in [9.17, 15) is 24.9 Å². The van der Waals surface area contributed by atoms with E-state index in [0.29, 0.717) is 47.8 Å². The molecule has 11 nitrogen and oxygen atoms in total. The fourth-order valence-electron chi connectivity index (χ4n) is 5.18. The molecule has 1 aromatic rings. The summed E-state index contributed by atoms with van der Waals surface area (Å²) in [5, 5.41) is 33.2. The van der Waals surface area contributed by atoms with Gasteiger partial charge in [0.1, 0.15) is 12.2 Å². The van der Waals surface area contributed by atoms with Gasteiger partial charge in [-0.25, -0.2) is 0 Å². The second kappa shape index (κ2) is 11.6. The number of hydrogen-bond donors (Lipinski definition) is 4. The molecule has 0 aromatic heterocycles. The number of ether oxygens (including phenoxy) is 4. The van der Waals surface area contributed by atoms with Gasteiger partial charge in [0.2, 0.25) is 11.8 Å². The van der Waals surface area contributed by atoms with Crippen molar-refractivity contribution in [1.82, 2.24) is 10.2 Å². The fourth-order valence-corrected chi connectivity index (χ4v) is 5.18. The predicted octanol–water partition coefficient (Wildman–Crippen LogP) is -0.678. The molecule has 36 heavy (non-hydrogen) atoms. The molecule has 2 aliphatic heterocycles. The molecule has 2 amide bonds. The summed E-state index contributed by atoms with van der Waals surface area (Å²) in [5.41, 5.74) is 1.47. The number of aliphatic hydroxyl groups excluding tert-OH is 3. The Morgan fingerprint density at radius 3 is 2.69 bits per heavy atom. The molecule has 198 valence electrons. The lowest BCUT2D eigenvalue weighted by Gasteiger charge is -2.41. The van der Waals surface area contributed by atoms with Crippen LogP contribution in [0.3, 0.4) is 0 Å². The highest BCUT2D eigenvalue weighted by molar-refractivity contribution is 5.96. The molecule has 0 bridgehead atoms. The van der Waals surface area contributed by atoms with E-state index in [1.165, 1.54) is 19.1 Å². The van der Waals surface area contributed by atoms with Gasteiger partial charge in [0.05, 0.1) is 51.4 Å². The topological polar surface area (TPSA) is 147 Å². The Morgan fingerprint density at radius 2 is 2.06 bits per heavy atom. The van der Waals surface area contributed by atoms with Crippen LogP contribution in [0.1, 0.15) is 23.5 Å². The van der Waals surface area contributed by atoms with Crippen LogP contribution in [0.5, 0.6) is 11.5 Å². The average Bonchev–Trinajstić information content (AvgIpc) is 3.56. The Hall–Kier alpha value is -2.70. The fraction of sp³-hybridized carbons (Fsp3) is 0.600. The zero-order valence-corrected chi connectivity index (χ0v) is 20.5. The Morgan fingerprint density at radius 1 is 1.25 bits per heavy atom. The van der Waals surface area contributed by atoms with Crippen LogP contribution in [0, 0.1) is 5.92 Å². The lowest BCUT2D eigenvalue weighted by atomic mass is 9.77. The van der Waals surface area contributed by atoms with Gasteiger partial charge in [-0.05, 0) is 30.2 Å². The number of carbonyl (C=O) groups is 2. The van der Waals surface area contributed by atoms with Crippen LogP contribution >= 0.6 is 0 Å². The molecule has 1 aliphatic carbocycles. The molecule has 0 spiro atoms. The summed E-state index contributed by atoms with van der Waals surface area (Å²) >= 11 is 0. The highest BCUT2D eigenvalue weighted by Crippen LogP contribution is 2.51. The Labute approximate surface area is 209 Å². The molecule has 11 heteroatoms. The third kappa shape index (κ3) is 4.94. The minimum Gasteiger partial charge on any atom is -0.493 e. The SMILES string of the molecule is COCCN(C(=O)C1CCOC1)C1C=C(C(=O)NCCO)C2c3cc(CO)cc(OC)c3OC2C1O. The van der Waals surface area contributed by atoms with Crippen molar-refractivity contribution in [2.24, 2.45) is 5.92 Å². The largest absolute Gasteiger partial charge is 0.493 e. The number of rotatable bonds is 10. The molecule has 5 unspecified atom stereocenters. The van der Waals surface area contributed by atoms with Crippen LogP contribution in [-0.2, 0) is 25.7 Å². The summed E-state index contributed by atoms with van der Waals surface area (Å²) in [6.45, 7) is 0.791. The van der Waals surface area contributed by atoms with E-state index in [1.54, 1.807) is 18.2 Å². The highest BCUT2D eigenvalue weighted by atomic mass is 16.5. The van der Waals surface area contributed by atoms with Crippen molar-refractivity contribution >= 4 is 11.8 Å². The van der Waals surface area contributed by atoms with Gasteiger partial charge in [0.25, 0.3) is 0 Å². The normalized spacial score (nSPS) is 26.5. The lowest BCUT2D eigenvalue weighted by Crippen LogP contribution is -2.57. The van der Waals surface area contributed by atoms with Crippen LogP contribution in [0.15, 0.2) is 23.8 Å².